The van der Waals surface area contributed by atoms with Crippen molar-refractivity contribution in [3.63, 3.8) is 0 Å². The van der Waals surface area contributed by atoms with Crippen molar-refractivity contribution in [2.24, 2.45) is 0 Å². The minimum atomic E-state index is -5.55. The van der Waals surface area contributed by atoms with Crippen LogP contribution in [0, 0.1) is 0 Å². The van der Waals surface area contributed by atoms with Gasteiger partial charge in [0, 0.05) is 0 Å². The Balaban J connectivity index is -0.0000000667. The fourth-order valence-electron chi connectivity index (χ4n) is 0.250. The fourth-order valence-corrected chi connectivity index (χ4v) is 2.25. The maximum Gasteiger partial charge on any atom is 1.00 e. The van der Waals surface area contributed by atoms with Crippen molar-refractivity contribution in [1.29, 1.82) is 0 Å². The molecular weight excluding hydrogens is 492 g/mol. The molecule has 0 spiro atoms. The molecule has 0 aromatic rings. The van der Waals surface area contributed by atoms with E-state index in [9.17, 15) is 51.9 Å². The van der Waals surface area contributed by atoms with E-state index in [0.29, 0.717) is 0 Å². The minimum absolute atomic E-state index is 0. The fraction of sp³-hybridized carbons (Fsp3) is 1.00. The zero-order valence-corrected chi connectivity index (χ0v) is 25.7. The van der Waals surface area contributed by atoms with E-state index < -0.39 is 49.0 Å². The van der Waals surface area contributed by atoms with Gasteiger partial charge in [-0.05, 0) is 13.8 Å². The molecule has 0 bridgehead atoms. The van der Waals surface area contributed by atoms with E-state index in [0.717, 1.165) is 0 Å². The zero-order chi connectivity index (χ0) is 19.0. The molecule has 0 fully saturated rings. The van der Waals surface area contributed by atoms with Gasteiger partial charge in [-0.15, -0.1) is 0 Å². The van der Waals surface area contributed by atoms with Crippen LogP contribution in [0.3, 0.4) is 0 Å². The Bertz CT molecular complexity index is 681. The third-order valence-corrected chi connectivity index (χ3v) is 8.02. The van der Waals surface area contributed by atoms with Gasteiger partial charge in [0.1, 0.15) is 40.5 Å². The van der Waals surface area contributed by atoms with Crippen LogP contribution in [0.15, 0.2) is 0 Å². The number of aliphatic hydroxyl groups is 2. The first-order valence-corrected chi connectivity index (χ1v) is 9.90. The summed E-state index contributed by atoms with van der Waals surface area (Å²) in [6, 6.07) is 0. The molecular formula is C4H8Na4O14S4. The smallest absolute Gasteiger partial charge is 0.745 e. The van der Waals surface area contributed by atoms with Gasteiger partial charge in [-0.3, -0.25) is 0 Å². The molecule has 0 aromatic heterocycles. The third-order valence-electron chi connectivity index (χ3n) is 1.86. The SMILES string of the molecule is CC(O)(S(=O)(=O)[O-])S(=O)(=O)[O-].CC(O)(S(=O)(=O)[O-])S(=O)(=O)[O-].[Na+].[Na+].[Na+].[Na+]. The summed E-state index contributed by atoms with van der Waals surface area (Å²) in [6.07, 6.45) is 0. The van der Waals surface area contributed by atoms with Gasteiger partial charge >= 0.3 is 118 Å². The van der Waals surface area contributed by atoms with Gasteiger partial charge in [0.2, 0.25) is 8.53 Å². The second-order valence-corrected chi connectivity index (χ2v) is 10.9. The van der Waals surface area contributed by atoms with Crippen molar-refractivity contribution in [2.75, 3.05) is 0 Å². The van der Waals surface area contributed by atoms with Crippen LogP contribution in [-0.4, -0.2) is 70.6 Å². The van der Waals surface area contributed by atoms with Gasteiger partial charge in [-0.25, -0.2) is 33.7 Å². The molecule has 0 rings (SSSR count). The summed E-state index contributed by atoms with van der Waals surface area (Å²) in [7, 11) is -22.2. The summed E-state index contributed by atoms with van der Waals surface area (Å²) in [5, 5.41) is 16.8. The van der Waals surface area contributed by atoms with Crippen LogP contribution in [0.1, 0.15) is 13.8 Å². The van der Waals surface area contributed by atoms with Gasteiger partial charge in [0.05, 0.1) is 0 Å². The molecule has 0 radical (unpaired) electrons. The van der Waals surface area contributed by atoms with Crippen LogP contribution in [0.5, 0.6) is 0 Å². The molecule has 0 amide bonds. The maximum absolute atomic E-state index is 9.91. The second-order valence-electron chi connectivity index (χ2n) is 3.61. The minimum Gasteiger partial charge on any atom is -0.745 e. The normalized spacial score (nSPS) is 12.6. The van der Waals surface area contributed by atoms with Crippen LogP contribution < -0.4 is 118 Å². The molecule has 0 aliphatic rings. The topological polar surface area (TPSA) is 269 Å². The predicted molar refractivity (Wildman–Crippen MR) is 60.0 cm³/mol. The molecule has 26 heavy (non-hydrogen) atoms. The van der Waals surface area contributed by atoms with Gasteiger partial charge in [-0.2, -0.15) is 0 Å². The van der Waals surface area contributed by atoms with Gasteiger partial charge in [0.25, 0.3) is 0 Å². The van der Waals surface area contributed by atoms with Crippen molar-refractivity contribution in [2.45, 2.75) is 22.4 Å². The molecule has 136 valence electrons. The predicted octanol–water partition coefficient (Wildman–Crippen LogP) is -16.5. The summed E-state index contributed by atoms with van der Waals surface area (Å²) in [6.45, 7) is 0.218. The summed E-state index contributed by atoms with van der Waals surface area (Å²) in [5.41, 5.74) is 0. The summed E-state index contributed by atoms with van der Waals surface area (Å²) >= 11 is 0. The van der Waals surface area contributed by atoms with Crippen molar-refractivity contribution in [3.05, 3.63) is 0 Å². The maximum atomic E-state index is 9.91. The molecule has 2 N–H and O–H groups in total. The average Bonchev–Trinajstić information content (AvgIpc) is 2.10. The number of rotatable bonds is 4. The van der Waals surface area contributed by atoms with Crippen LogP contribution in [-0.2, 0) is 40.5 Å². The van der Waals surface area contributed by atoms with Gasteiger partial charge in [-0.1, -0.05) is 0 Å². The van der Waals surface area contributed by atoms with E-state index in [-0.39, 0.29) is 132 Å². The second kappa shape index (κ2) is 13.9. The molecule has 0 saturated carbocycles. The molecule has 0 atom stereocenters. The van der Waals surface area contributed by atoms with E-state index >= 15 is 0 Å². The van der Waals surface area contributed by atoms with Crippen molar-refractivity contribution in [3.8, 4) is 0 Å². The molecule has 0 aromatic carbocycles. The molecule has 0 unspecified atom stereocenters. The van der Waals surface area contributed by atoms with Crippen LogP contribution in [0.4, 0.5) is 0 Å². The number of hydrogen-bond acceptors (Lipinski definition) is 14. The zero-order valence-electron chi connectivity index (χ0n) is 14.4. The number of hydrogen-bond donors (Lipinski definition) is 2. The Hall–Kier alpha value is 3.56. The standard InChI is InChI=1S/2C2H6O7S2.4Na/c2*1-2(3,10(4,5)6)11(7,8)9;;;;/h2*3H,1H3,(H,4,5,6)(H,7,8,9);;;;/q;;4*+1/p-4. The van der Waals surface area contributed by atoms with Crippen molar-refractivity contribution in [1.82, 2.24) is 0 Å². The Morgan fingerprint density at radius 2 is 0.577 bits per heavy atom. The largest absolute Gasteiger partial charge is 1.00 e. The van der Waals surface area contributed by atoms with Crippen LogP contribution in [0.25, 0.3) is 0 Å². The average molecular weight is 500 g/mol. The van der Waals surface area contributed by atoms with E-state index in [1.165, 1.54) is 0 Å². The molecule has 22 heteroatoms. The van der Waals surface area contributed by atoms with Crippen LogP contribution >= 0.6 is 0 Å². The van der Waals surface area contributed by atoms with Crippen molar-refractivity contribution >= 4 is 40.5 Å². The van der Waals surface area contributed by atoms with E-state index in [1.807, 2.05) is 0 Å². The van der Waals surface area contributed by atoms with Gasteiger partial charge < -0.3 is 28.4 Å². The first-order chi connectivity index (χ1) is 9.00. The quantitative estimate of drug-likeness (QED) is 0.268. The monoisotopic (exact) mass is 500 g/mol. The Morgan fingerprint density at radius 3 is 0.577 bits per heavy atom. The first kappa shape index (κ1) is 43.4. The molecule has 0 aliphatic heterocycles. The Labute approximate surface area is 239 Å². The van der Waals surface area contributed by atoms with Gasteiger partial charge in [0.15, 0.2) is 0 Å². The van der Waals surface area contributed by atoms with Crippen molar-refractivity contribution < 1.29 is 180 Å². The Kier molecular flexibility index (Phi) is 23.2. The summed E-state index contributed by atoms with van der Waals surface area (Å²) in [5.74, 6) is 0. The molecule has 0 aliphatic carbocycles. The van der Waals surface area contributed by atoms with E-state index in [4.69, 9.17) is 10.2 Å². The molecule has 14 nitrogen and oxygen atoms in total. The molecule has 0 saturated heterocycles. The third kappa shape index (κ3) is 12.4. The van der Waals surface area contributed by atoms with Crippen LogP contribution in [0.2, 0.25) is 0 Å². The Morgan fingerprint density at radius 1 is 0.500 bits per heavy atom. The summed E-state index contributed by atoms with van der Waals surface area (Å²) in [4.78, 5) is 0. The summed E-state index contributed by atoms with van der Waals surface area (Å²) < 4.78 is 111. The first-order valence-electron chi connectivity index (χ1n) is 4.26. The van der Waals surface area contributed by atoms with E-state index in [2.05, 4.69) is 0 Å². The van der Waals surface area contributed by atoms with E-state index in [1.54, 1.807) is 0 Å². The molecule has 0 heterocycles.